The molecular weight excluding hydrogens is 516 g/mol. The minimum absolute atomic E-state index is 0.0446. The van der Waals surface area contributed by atoms with Crippen LogP contribution in [0.5, 0.6) is 5.75 Å². The van der Waals surface area contributed by atoms with Gasteiger partial charge in [-0.15, -0.1) is 0 Å². The van der Waals surface area contributed by atoms with Crippen LogP contribution in [0.15, 0.2) is 36.7 Å². The van der Waals surface area contributed by atoms with E-state index in [0.717, 1.165) is 61.2 Å². The number of aryl methyl sites for hydroxylation is 1. The molecule has 4 nitrogen and oxygen atoms in total. The van der Waals surface area contributed by atoms with Crippen LogP contribution in [0.3, 0.4) is 0 Å². The molecule has 0 amide bonds. The molecule has 0 unspecified atom stereocenters. The molecule has 2 aliphatic rings. The molecule has 0 bridgehead atoms. The van der Waals surface area contributed by atoms with Crippen molar-refractivity contribution in [2.24, 2.45) is 23.7 Å². The van der Waals surface area contributed by atoms with E-state index < -0.39 is 0 Å². The fourth-order valence-electron chi connectivity index (χ4n) is 7.27. The predicted molar refractivity (Wildman–Crippen MR) is 174 cm³/mol. The summed E-state index contributed by atoms with van der Waals surface area (Å²) in [5.74, 6) is 3.96. The van der Waals surface area contributed by atoms with Gasteiger partial charge < -0.3 is 4.74 Å². The molecule has 0 N–H and O–H groups in total. The molecule has 1 aromatic carbocycles. The third-order valence-electron chi connectivity index (χ3n) is 10.2. The Morgan fingerprint density at radius 2 is 1.17 bits per heavy atom. The number of hydrogen-bond acceptors (Lipinski definition) is 4. The van der Waals surface area contributed by atoms with Crippen molar-refractivity contribution < 1.29 is 9.53 Å². The van der Waals surface area contributed by atoms with Crippen LogP contribution in [0.25, 0.3) is 11.4 Å². The number of ether oxygens (including phenoxy) is 1. The first-order valence-corrected chi connectivity index (χ1v) is 17.8. The van der Waals surface area contributed by atoms with Gasteiger partial charge in [-0.2, -0.15) is 0 Å². The van der Waals surface area contributed by atoms with Crippen LogP contribution in [-0.2, 0) is 11.2 Å². The van der Waals surface area contributed by atoms with Gasteiger partial charge in [-0.05, 0) is 86.1 Å². The number of carbonyl (C=O) groups excluding carboxylic acids is 1. The summed E-state index contributed by atoms with van der Waals surface area (Å²) in [6, 6.07) is 7.69. The van der Waals surface area contributed by atoms with Gasteiger partial charge in [0, 0.05) is 18.0 Å². The second-order valence-electron chi connectivity index (χ2n) is 13.6. The van der Waals surface area contributed by atoms with Gasteiger partial charge in [-0.1, -0.05) is 110 Å². The highest BCUT2D eigenvalue weighted by Gasteiger charge is 2.27. The summed E-state index contributed by atoms with van der Waals surface area (Å²) in [6.07, 6.45) is 31.4. The summed E-state index contributed by atoms with van der Waals surface area (Å²) >= 11 is 0. The Balaban J connectivity index is 1.12. The van der Waals surface area contributed by atoms with E-state index >= 15 is 0 Å². The van der Waals surface area contributed by atoms with Crippen molar-refractivity contribution in [3.63, 3.8) is 0 Å². The highest BCUT2D eigenvalue weighted by atomic mass is 16.5. The van der Waals surface area contributed by atoms with Crippen molar-refractivity contribution in [1.29, 1.82) is 0 Å². The SMILES string of the molecule is CCCCCCCC[C@H]1CC[C@H](CCc2cnc(-c3ccc(OC(=O)C4CCC(CCCCC)CC4)cc3)nc2)CC1. The average molecular weight is 575 g/mol. The van der Waals surface area contributed by atoms with E-state index in [1.165, 1.54) is 108 Å². The number of hydrogen-bond donors (Lipinski definition) is 0. The van der Waals surface area contributed by atoms with Gasteiger partial charge in [-0.3, -0.25) is 4.79 Å². The summed E-state index contributed by atoms with van der Waals surface area (Å²) in [6.45, 7) is 4.55. The largest absolute Gasteiger partial charge is 0.426 e. The summed E-state index contributed by atoms with van der Waals surface area (Å²) in [7, 11) is 0. The molecule has 0 radical (unpaired) electrons. The summed E-state index contributed by atoms with van der Waals surface area (Å²) < 4.78 is 5.75. The van der Waals surface area contributed by atoms with Gasteiger partial charge in [0.25, 0.3) is 0 Å². The standard InChI is InChI=1S/C38H58N2O2/c1-3-5-7-8-9-11-13-30-14-16-32(17-15-30)18-19-33-28-39-37(40-29-33)34-24-26-36(27-25-34)42-38(41)35-22-20-31(21-23-35)12-10-6-4-2/h24-32,35H,3-23H2,1-2H3/t30-,31?,32-,35?. The van der Waals surface area contributed by atoms with Gasteiger partial charge in [0.05, 0.1) is 5.92 Å². The molecular formula is C38H58N2O2. The molecule has 2 aromatic rings. The van der Waals surface area contributed by atoms with Crippen LogP contribution >= 0.6 is 0 Å². The Bertz CT molecular complexity index is 1000. The van der Waals surface area contributed by atoms with Crippen LogP contribution in [0, 0.1) is 23.7 Å². The molecule has 232 valence electrons. The summed E-state index contributed by atoms with van der Waals surface area (Å²) in [5, 5.41) is 0. The first kappa shape index (κ1) is 32.7. The summed E-state index contributed by atoms with van der Waals surface area (Å²) in [4.78, 5) is 22.1. The van der Waals surface area contributed by atoms with Gasteiger partial charge >= 0.3 is 5.97 Å². The van der Waals surface area contributed by atoms with Gasteiger partial charge in [0.2, 0.25) is 0 Å². The summed E-state index contributed by atoms with van der Waals surface area (Å²) in [5.41, 5.74) is 2.19. The third-order valence-corrected chi connectivity index (χ3v) is 10.2. The first-order chi connectivity index (χ1) is 20.6. The van der Waals surface area contributed by atoms with Crippen molar-refractivity contribution >= 4 is 5.97 Å². The topological polar surface area (TPSA) is 52.1 Å². The van der Waals surface area contributed by atoms with Crippen LogP contribution in [0.1, 0.15) is 148 Å². The molecule has 0 atom stereocenters. The maximum atomic E-state index is 12.8. The highest BCUT2D eigenvalue weighted by molar-refractivity contribution is 5.75. The molecule has 1 aromatic heterocycles. The fourth-order valence-corrected chi connectivity index (χ4v) is 7.27. The second-order valence-corrected chi connectivity index (χ2v) is 13.6. The number of carbonyl (C=O) groups is 1. The van der Waals surface area contributed by atoms with Crippen LogP contribution in [0.4, 0.5) is 0 Å². The lowest BCUT2D eigenvalue weighted by Gasteiger charge is -2.28. The Morgan fingerprint density at radius 1 is 0.667 bits per heavy atom. The van der Waals surface area contributed by atoms with E-state index in [1.807, 2.05) is 36.7 Å². The zero-order valence-corrected chi connectivity index (χ0v) is 26.8. The number of unbranched alkanes of at least 4 members (excludes halogenated alkanes) is 7. The minimum atomic E-state index is -0.0679. The zero-order chi connectivity index (χ0) is 29.4. The quantitative estimate of drug-likeness (QED) is 0.107. The molecule has 2 fully saturated rings. The number of nitrogens with zero attached hydrogens (tertiary/aromatic N) is 2. The second kappa shape index (κ2) is 18.4. The maximum Gasteiger partial charge on any atom is 0.314 e. The van der Waals surface area contributed by atoms with Gasteiger partial charge in [0.1, 0.15) is 5.75 Å². The third kappa shape index (κ3) is 11.1. The molecule has 0 aliphatic heterocycles. The number of aromatic nitrogens is 2. The van der Waals surface area contributed by atoms with E-state index in [2.05, 4.69) is 23.8 Å². The first-order valence-electron chi connectivity index (χ1n) is 17.8. The highest BCUT2D eigenvalue weighted by Crippen LogP contribution is 2.35. The Labute approximate surface area is 256 Å². The van der Waals surface area contributed by atoms with E-state index in [0.29, 0.717) is 5.75 Å². The number of rotatable bonds is 17. The molecule has 2 aliphatic carbocycles. The number of benzene rings is 1. The lowest BCUT2D eigenvalue weighted by atomic mass is 9.78. The van der Waals surface area contributed by atoms with Crippen molar-refractivity contribution in [2.45, 2.75) is 149 Å². The average Bonchev–Trinajstić information content (AvgIpc) is 3.03. The monoisotopic (exact) mass is 574 g/mol. The van der Waals surface area contributed by atoms with Crippen molar-refractivity contribution in [3.8, 4) is 17.1 Å². The number of esters is 1. The molecule has 0 spiro atoms. The van der Waals surface area contributed by atoms with Gasteiger partial charge in [-0.25, -0.2) is 9.97 Å². The fraction of sp³-hybridized carbons (Fsp3) is 0.711. The van der Waals surface area contributed by atoms with E-state index in [4.69, 9.17) is 4.74 Å². The predicted octanol–water partition coefficient (Wildman–Crippen LogP) is 10.9. The minimum Gasteiger partial charge on any atom is -0.426 e. The maximum absolute atomic E-state index is 12.8. The van der Waals surface area contributed by atoms with E-state index in [9.17, 15) is 4.79 Å². The molecule has 42 heavy (non-hydrogen) atoms. The Hall–Kier alpha value is -2.23. The molecule has 4 heteroatoms. The van der Waals surface area contributed by atoms with Crippen molar-refractivity contribution in [2.75, 3.05) is 0 Å². The smallest absolute Gasteiger partial charge is 0.314 e. The van der Waals surface area contributed by atoms with Crippen molar-refractivity contribution in [1.82, 2.24) is 9.97 Å². The normalized spacial score (nSPS) is 22.6. The zero-order valence-electron chi connectivity index (χ0n) is 26.8. The van der Waals surface area contributed by atoms with Crippen LogP contribution < -0.4 is 4.74 Å². The van der Waals surface area contributed by atoms with E-state index in [-0.39, 0.29) is 11.9 Å². The van der Waals surface area contributed by atoms with Crippen LogP contribution in [-0.4, -0.2) is 15.9 Å². The van der Waals surface area contributed by atoms with Crippen LogP contribution in [0.2, 0.25) is 0 Å². The lowest BCUT2D eigenvalue weighted by Crippen LogP contribution is -2.25. The van der Waals surface area contributed by atoms with Crippen molar-refractivity contribution in [3.05, 3.63) is 42.2 Å². The molecule has 4 rings (SSSR count). The Kier molecular flexibility index (Phi) is 14.3. The molecule has 2 saturated carbocycles. The lowest BCUT2D eigenvalue weighted by molar-refractivity contribution is -0.140. The Morgan fingerprint density at radius 3 is 1.79 bits per heavy atom. The molecule has 0 saturated heterocycles. The molecule has 1 heterocycles. The van der Waals surface area contributed by atoms with E-state index in [1.54, 1.807) is 0 Å². The van der Waals surface area contributed by atoms with Gasteiger partial charge in [0.15, 0.2) is 5.82 Å².